The Bertz CT molecular complexity index is 920. The minimum absolute atomic E-state index is 0.0499. The Hall–Kier alpha value is -2.47. The summed E-state index contributed by atoms with van der Waals surface area (Å²) in [7, 11) is 0. The van der Waals surface area contributed by atoms with Gasteiger partial charge in [0.1, 0.15) is 6.04 Å². The Morgan fingerprint density at radius 1 is 1.00 bits per heavy atom. The van der Waals surface area contributed by atoms with E-state index in [0.29, 0.717) is 26.3 Å². The maximum Gasteiger partial charge on any atom is 0.244 e. The molecule has 0 aliphatic carbocycles. The number of nitrogens with zero attached hydrogens (tertiary/aromatic N) is 1. The Morgan fingerprint density at radius 2 is 1.73 bits per heavy atom. The molecule has 0 unspecified atom stereocenters. The predicted molar refractivity (Wildman–Crippen MR) is 122 cm³/mol. The van der Waals surface area contributed by atoms with E-state index in [9.17, 15) is 4.79 Å². The maximum absolute atomic E-state index is 13.5. The SMILES string of the molecule is CCc1ccc([C@H](N[C@H](C(=O)N2CCOCC2)c2ccccc2)c2cccs2)cc1. The van der Waals surface area contributed by atoms with Crippen LogP contribution in [0.5, 0.6) is 0 Å². The van der Waals surface area contributed by atoms with Crippen LogP contribution in [0, 0.1) is 0 Å². The van der Waals surface area contributed by atoms with E-state index in [1.165, 1.54) is 16.0 Å². The van der Waals surface area contributed by atoms with Gasteiger partial charge in [-0.25, -0.2) is 0 Å². The number of benzene rings is 2. The van der Waals surface area contributed by atoms with Crippen molar-refractivity contribution in [1.82, 2.24) is 10.2 Å². The molecule has 1 aromatic heterocycles. The highest BCUT2D eigenvalue weighted by atomic mass is 32.1. The Balaban J connectivity index is 1.67. The second-order valence-electron chi connectivity index (χ2n) is 7.49. The molecule has 2 aromatic carbocycles. The number of morpholine rings is 1. The van der Waals surface area contributed by atoms with Crippen molar-refractivity contribution in [3.63, 3.8) is 0 Å². The van der Waals surface area contributed by atoms with Crippen molar-refractivity contribution in [2.24, 2.45) is 0 Å². The largest absolute Gasteiger partial charge is 0.378 e. The smallest absolute Gasteiger partial charge is 0.244 e. The standard InChI is InChI=1S/C25H28N2O2S/c1-2-19-10-12-21(13-11-19)23(22-9-6-18-30-22)26-24(20-7-4-3-5-8-20)25(28)27-14-16-29-17-15-27/h3-13,18,23-24,26H,2,14-17H2,1H3/t23-,24-/m0/s1. The molecule has 1 fully saturated rings. The normalized spacial score (nSPS) is 16.2. The zero-order valence-corrected chi connectivity index (χ0v) is 18.1. The fraction of sp³-hybridized carbons (Fsp3) is 0.320. The number of hydrogen-bond donors (Lipinski definition) is 1. The van der Waals surface area contributed by atoms with Crippen LogP contribution in [0.3, 0.4) is 0 Å². The van der Waals surface area contributed by atoms with Gasteiger partial charge in [0.05, 0.1) is 19.3 Å². The summed E-state index contributed by atoms with van der Waals surface area (Å²) in [6.45, 7) is 4.63. The molecule has 1 aliphatic rings. The lowest BCUT2D eigenvalue weighted by atomic mass is 9.98. The monoisotopic (exact) mass is 420 g/mol. The average molecular weight is 421 g/mol. The molecule has 0 saturated carbocycles. The number of amides is 1. The number of carbonyl (C=O) groups excluding carboxylic acids is 1. The minimum Gasteiger partial charge on any atom is -0.378 e. The van der Waals surface area contributed by atoms with Crippen LogP contribution in [0.25, 0.3) is 0 Å². The van der Waals surface area contributed by atoms with Gasteiger partial charge in [-0.15, -0.1) is 11.3 Å². The highest BCUT2D eigenvalue weighted by molar-refractivity contribution is 7.10. The van der Waals surface area contributed by atoms with Gasteiger partial charge >= 0.3 is 0 Å². The number of thiophene rings is 1. The van der Waals surface area contributed by atoms with Crippen LogP contribution in [-0.2, 0) is 16.0 Å². The van der Waals surface area contributed by atoms with E-state index in [1.807, 2.05) is 35.2 Å². The van der Waals surface area contributed by atoms with Crippen molar-refractivity contribution in [1.29, 1.82) is 0 Å². The molecule has 4 nitrogen and oxygen atoms in total. The van der Waals surface area contributed by atoms with Gasteiger partial charge in [0.25, 0.3) is 0 Å². The van der Waals surface area contributed by atoms with E-state index in [4.69, 9.17) is 4.74 Å². The van der Waals surface area contributed by atoms with E-state index >= 15 is 0 Å². The van der Waals surface area contributed by atoms with Gasteiger partial charge in [-0.05, 0) is 34.6 Å². The summed E-state index contributed by atoms with van der Waals surface area (Å²) >= 11 is 1.71. The summed E-state index contributed by atoms with van der Waals surface area (Å²) in [5.74, 6) is 0.108. The van der Waals surface area contributed by atoms with Crippen molar-refractivity contribution in [2.45, 2.75) is 25.4 Å². The lowest BCUT2D eigenvalue weighted by Gasteiger charge is -2.33. The summed E-state index contributed by atoms with van der Waals surface area (Å²) in [6.07, 6.45) is 1.01. The summed E-state index contributed by atoms with van der Waals surface area (Å²) in [5, 5.41) is 5.79. The van der Waals surface area contributed by atoms with Crippen molar-refractivity contribution in [2.75, 3.05) is 26.3 Å². The van der Waals surface area contributed by atoms with Crippen molar-refractivity contribution in [3.05, 3.63) is 93.7 Å². The number of rotatable bonds is 7. The molecule has 2 heterocycles. The molecule has 2 atom stereocenters. The van der Waals surface area contributed by atoms with Crippen LogP contribution in [0.4, 0.5) is 0 Å². The first-order valence-corrected chi connectivity index (χ1v) is 11.4. The fourth-order valence-corrected chi connectivity index (χ4v) is 4.64. The second kappa shape index (κ2) is 10.0. The van der Waals surface area contributed by atoms with Crippen LogP contribution < -0.4 is 5.32 Å². The molecule has 0 spiro atoms. The molecular formula is C25H28N2O2S. The first kappa shape index (κ1) is 20.8. The molecule has 5 heteroatoms. The Kier molecular flexibility index (Phi) is 6.95. The molecule has 0 bridgehead atoms. The van der Waals surface area contributed by atoms with Crippen molar-refractivity contribution in [3.8, 4) is 0 Å². The van der Waals surface area contributed by atoms with Gasteiger partial charge < -0.3 is 9.64 Å². The minimum atomic E-state index is -0.415. The second-order valence-corrected chi connectivity index (χ2v) is 8.47. The highest BCUT2D eigenvalue weighted by Gasteiger charge is 2.30. The van der Waals surface area contributed by atoms with Crippen molar-refractivity contribution < 1.29 is 9.53 Å². The third kappa shape index (κ3) is 4.81. The summed E-state index contributed by atoms with van der Waals surface area (Å²) in [4.78, 5) is 16.7. The van der Waals surface area contributed by atoms with Gasteiger partial charge in [0, 0.05) is 18.0 Å². The van der Waals surface area contributed by atoms with E-state index < -0.39 is 6.04 Å². The van der Waals surface area contributed by atoms with Gasteiger partial charge in [-0.3, -0.25) is 10.1 Å². The molecule has 1 amide bonds. The van der Waals surface area contributed by atoms with Crippen molar-refractivity contribution >= 4 is 17.2 Å². The molecular weight excluding hydrogens is 392 g/mol. The number of carbonyl (C=O) groups is 1. The molecule has 30 heavy (non-hydrogen) atoms. The van der Waals surface area contributed by atoms with E-state index in [2.05, 4.69) is 54.0 Å². The third-order valence-electron chi connectivity index (χ3n) is 5.58. The zero-order valence-electron chi connectivity index (χ0n) is 17.3. The number of aryl methyl sites for hydroxylation is 1. The van der Waals surface area contributed by atoms with Crippen LogP contribution in [0.1, 0.15) is 40.6 Å². The topological polar surface area (TPSA) is 41.6 Å². The highest BCUT2D eigenvalue weighted by Crippen LogP contribution is 2.30. The van der Waals surface area contributed by atoms with E-state index in [0.717, 1.165) is 12.0 Å². The van der Waals surface area contributed by atoms with Crippen LogP contribution in [-0.4, -0.2) is 37.1 Å². The molecule has 1 N–H and O–H groups in total. The Labute approximate surface area is 182 Å². The Morgan fingerprint density at radius 3 is 2.37 bits per heavy atom. The van der Waals surface area contributed by atoms with E-state index in [-0.39, 0.29) is 11.9 Å². The lowest BCUT2D eigenvalue weighted by molar-refractivity contribution is -0.137. The molecule has 3 aromatic rings. The first-order chi connectivity index (χ1) is 14.8. The van der Waals surface area contributed by atoms with Gasteiger partial charge in [0.2, 0.25) is 5.91 Å². The molecule has 4 rings (SSSR count). The lowest BCUT2D eigenvalue weighted by Crippen LogP contribution is -2.47. The van der Waals surface area contributed by atoms with Gasteiger partial charge in [-0.2, -0.15) is 0 Å². The summed E-state index contributed by atoms with van der Waals surface area (Å²) in [5.41, 5.74) is 3.47. The number of nitrogens with one attached hydrogen (secondary N) is 1. The molecule has 1 saturated heterocycles. The van der Waals surface area contributed by atoms with Crippen LogP contribution in [0.15, 0.2) is 72.1 Å². The predicted octanol–water partition coefficient (Wildman–Crippen LogP) is 4.59. The molecule has 1 aliphatic heterocycles. The van der Waals surface area contributed by atoms with Gasteiger partial charge in [0.15, 0.2) is 0 Å². The zero-order chi connectivity index (χ0) is 20.8. The summed E-state index contributed by atoms with van der Waals surface area (Å²) in [6, 6.07) is 22.5. The quantitative estimate of drug-likeness (QED) is 0.608. The molecule has 156 valence electrons. The number of ether oxygens (including phenoxy) is 1. The fourth-order valence-electron chi connectivity index (χ4n) is 3.83. The number of hydrogen-bond acceptors (Lipinski definition) is 4. The average Bonchev–Trinajstić information content (AvgIpc) is 3.35. The first-order valence-electron chi connectivity index (χ1n) is 10.6. The van der Waals surface area contributed by atoms with E-state index in [1.54, 1.807) is 11.3 Å². The molecule has 0 radical (unpaired) electrons. The summed E-state index contributed by atoms with van der Waals surface area (Å²) < 4.78 is 5.45. The third-order valence-corrected chi connectivity index (χ3v) is 6.52. The van der Waals surface area contributed by atoms with Crippen LogP contribution in [0.2, 0.25) is 0 Å². The van der Waals surface area contributed by atoms with Gasteiger partial charge in [-0.1, -0.05) is 67.6 Å². The maximum atomic E-state index is 13.5. The van der Waals surface area contributed by atoms with Crippen LogP contribution >= 0.6 is 11.3 Å².